The number of cyclic esters (lactones) is 1. The molecule has 1 saturated carbocycles. The third-order valence-corrected chi connectivity index (χ3v) is 5.50. The second kappa shape index (κ2) is 6.91. The van der Waals surface area contributed by atoms with Gasteiger partial charge in [0.25, 0.3) is 0 Å². The van der Waals surface area contributed by atoms with Crippen molar-refractivity contribution in [3.05, 3.63) is 65.7 Å². The third kappa shape index (κ3) is 3.22. The van der Waals surface area contributed by atoms with E-state index in [1.807, 2.05) is 30.6 Å². The van der Waals surface area contributed by atoms with Gasteiger partial charge in [-0.25, -0.2) is 4.79 Å². The maximum absolute atomic E-state index is 11.8. The van der Waals surface area contributed by atoms with Crippen LogP contribution in [-0.2, 0) is 4.74 Å². The van der Waals surface area contributed by atoms with Crippen LogP contribution in [0.15, 0.2) is 55.0 Å². The number of carbonyl (C=O) groups is 1. The summed E-state index contributed by atoms with van der Waals surface area (Å²) in [5.74, 6) is 0.607. The number of hydrogen-bond acceptors (Lipinski definition) is 4. The van der Waals surface area contributed by atoms with Gasteiger partial charge in [-0.05, 0) is 48.7 Å². The van der Waals surface area contributed by atoms with Crippen LogP contribution < -0.4 is 4.90 Å². The van der Waals surface area contributed by atoms with Crippen molar-refractivity contribution >= 4 is 23.4 Å². The highest BCUT2D eigenvalue weighted by Crippen LogP contribution is 2.40. The Bertz CT molecular complexity index is 1070. The van der Waals surface area contributed by atoms with Gasteiger partial charge in [0.2, 0.25) is 0 Å². The lowest BCUT2D eigenvalue weighted by atomic mass is 10.0. The first-order valence-corrected chi connectivity index (χ1v) is 9.72. The van der Waals surface area contributed by atoms with E-state index in [-0.39, 0.29) is 6.09 Å². The second-order valence-corrected chi connectivity index (χ2v) is 7.54. The molecular weight excluding hydrogens is 374 g/mol. The largest absolute Gasteiger partial charge is 0.447 e. The third-order valence-electron chi connectivity index (χ3n) is 5.18. The number of hydrogen-bond donors (Lipinski definition) is 0. The van der Waals surface area contributed by atoms with Gasteiger partial charge in [-0.1, -0.05) is 17.7 Å². The van der Waals surface area contributed by atoms with Crippen LogP contribution in [0.4, 0.5) is 10.5 Å². The van der Waals surface area contributed by atoms with E-state index in [0.29, 0.717) is 24.1 Å². The summed E-state index contributed by atoms with van der Waals surface area (Å²) in [6, 6.07) is 11.9. The summed E-state index contributed by atoms with van der Waals surface area (Å²) in [6.07, 6.45) is 7.64. The molecule has 2 aliphatic rings. The van der Waals surface area contributed by atoms with Crippen molar-refractivity contribution in [2.24, 2.45) is 0 Å². The van der Waals surface area contributed by atoms with Crippen molar-refractivity contribution in [2.45, 2.75) is 18.8 Å². The number of anilines is 1. The lowest BCUT2D eigenvalue weighted by Gasteiger charge is -2.15. The topological polar surface area (TPSA) is 55.3 Å². The Labute approximate surface area is 168 Å². The number of benzene rings is 1. The summed E-state index contributed by atoms with van der Waals surface area (Å²) in [7, 11) is 0. The first kappa shape index (κ1) is 17.2. The molecule has 0 unspecified atom stereocenters. The molecule has 2 fully saturated rings. The van der Waals surface area contributed by atoms with Crippen LogP contribution in [0.3, 0.4) is 0 Å². The Morgan fingerprint density at radius 2 is 1.89 bits per heavy atom. The minimum absolute atomic E-state index is 0.336. The number of carbonyl (C=O) groups excluding carboxylic acids is 1. The number of pyridine rings is 2. The summed E-state index contributed by atoms with van der Waals surface area (Å²) >= 11 is 6.55. The van der Waals surface area contributed by atoms with Crippen LogP contribution in [0.5, 0.6) is 0 Å². The van der Waals surface area contributed by atoms with Crippen molar-refractivity contribution in [2.75, 3.05) is 18.1 Å². The predicted octanol–water partition coefficient (Wildman–Crippen LogP) is 5.30. The number of ether oxygens (including phenoxy) is 1. The molecule has 0 bridgehead atoms. The molecular formula is C22H18ClN3O2. The van der Waals surface area contributed by atoms with Gasteiger partial charge in [0.1, 0.15) is 6.61 Å². The van der Waals surface area contributed by atoms with Crippen molar-refractivity contribution in [1.29, 1.82) is 0 Å². The number of rotatable bonds is 4. The quantitative estimate of drug-likeness (QED) is 0.605. The molecule has 0 spiro atoms. The molecule has 2 aromatic heterocycles. The molecule has 1 aromatic carbocycles. The van der Waals surface area contributed by atoms with Crippen molar-refractivity contribution in [3.63, 3.8) is 0 Å². The zero-order chi connectivity index (χ0) is 19.1. The van der Waals surface area contributed by atoms with Gasteiger partial charge >= 0.3 is 6.09 Å². The number of nitrogens with zero attached hydrogens (tertiary/aromatic N) is 3. The Morgan fingerprint density at radius 1 is 1.04 bits per heavy atom. The minimum atomic E-state index is -0.336. The highest BCUT2D eigenvalue weighted by atomic mass is 35.5. The molecule has 140 valence electrons. The zero-order valence-corrected chi connectivity index (χ0v) is 15.9. The van der Waals surface area contributed by atoms with Crippen LogP contribution >= 0.6 is 11.6 Å². The first-order chi connectivity index (χ1) is 13.7. The molecule has 1 aliphatic heterocycles. The van der Waals surface area contributed by atoms with Gasteiger partial charge in [-0.2, -0.15) is 0 Å². The molecule has 6 heteroatoms. The maximum Gasteiger partial charge on any atom is 0.414 e. The van der Waals surface area contributed by atoms with Gasteiger partial charge in [0, 0.05) is 52.6 Å². The van der Waals surface area contributed by atoms with E-state index in [9.17, 15) is 4.79 Å². The molecule has 0 radical (unpaired) electrons. The highest BCUT2D eigenvalue weighted by Gasteiger charge is 2.25. The SMILES string of the molecule is O=C1OCCN1c1ccc(-c2cncc(-c3ccnc(C4CC4)c3)c2)c(Cl)c1. The molecule has 1 saturated heterocycles. The molecule has 28 heavy (non-hydrogen) atoms. The fourth-order valence-corrected chi connectivity index (χ4v) is 3.79. The van der Waals surface area contributed by atoms with E-state index in [1.54, 1.807) is 17.2 Å². The summed E-state index contributed by atoms with van der Waals surface area (Å²) in [6.45, 7) is 0.940. The molecule has 3 heterocycles. The van der Waals surface area contributed by atoms with Gasteiger partial charge in [-0.15, -0.1) is 0 Å². The van der Waals surface area contributed by atoms with Crippen molar-refractivity contribution in [3.8, 4) is 22.3 Å². The van der Waals surface area contributed by atoms with E-state index in [0.717, 1.165) is 33.6 Å². The summed E-state index contributed by atoms with van der Waals surface area (Å²) in [4.78, 5) is 22.3. The molecule has 0 N–H and O–H groups in total. The van der Waals surface area contributed by atoms with E-state index in [1.165, 1.54) is 12.8 Å². The molecule has 5 nitrogen and oxygen atoms in total. The van der Waals surface area contributed by atoms with Crippen LogP contribution in [0.1, 0.15) is 24.5 Å². The van der Waals surface area contributed by atoms with Gasteiger partial charge in [-0.3, -0.25) is 14.9 Å². The number of aromatic nitrogens is 2. The van der Waals surface area contributed by atoms with E-state index >= 15 is 0 Å². The highest BCUT2D eigenvalue weighted by molar-refractivity contribution is 6.33. The molecule has 1 aliphatic carbocycles. The Hall–Kier alpha value is -2.92. The molecule has 3 aromatic rings. The number of halogens is 1. The van der Waals surface area contributed by atoms with Gasteiger partial charge in [0.15, 0.2) is 0 Å². The van der Waals surface area contributed by atoms with Crippen LogP contribution in [0.25, 0.3) is 22.3 Å². The standard InChI is InChI=1S/C22H18ClN3O2/c23-20-11-18(26-7-8-28-22(26)27)3-4-19(20)17-9-16(12-24-13-17)15-5-6-25-21(10-15)14-1-2-14/h3-6,9-14H,1-2,7-8H2. The average Bonchev–Trinajstić information content (AvgIpc) is 3.49. The summed E-state index contributed by atoms with van der Waals surface area (Å²) in [5, 5.41) is 0.574. The normalized spacial score (nSPS) is 16.3. The lowest BCUT2D eigenvalue weighted by molar-refractivity contribution is 0.181. The van der Waals surface area contributed by atoms with Crippen LogP contribution in [-0.4, -0.2) is 29.2 Å². The molecule has 5 rings (SSSR count). The van der Waals surface area contributed by atoms with Gasteiger partial charge in [0.05, 0.1) is 11.6 Å². The summed E-state index contributed by atoms with van der Waals surface area (Å²) < 4.78 is 5.00. The average molecular weight is 392 g/mol. The van der Waals surface area contributed by atoms with E-state index in [2.05, 4.69) is 22.1 Å². The predicted molar refractivity (Wildman–Crippen MR) is 109 cm³/mol. The zero-order valence-electron chi connectivity index (χ0n) is 15.1. The smallest absolute Gasteiger partial charge is 0.414 e. The van der Waals surface area contributed by atoms with Crippen LogP contribution in [0.2, 0.25) is 5.02 Å². The van der Waals surface area contributed by atoms with Crippen molar-refractivity contribution in [1.82, 2.24) is 9.97 Å². The molecule has 1 amide bonds. The fraction of sp³-hybridized carbons (Fsp3) is 0.227. The minimum Gasteiger partial charge on any atom is -0.447 e. The Kier molecular flexibility index (Phi) is 4.24. The number of amides is 1. The molecule has 0 atom stereocenters. The first-order valence-electron chi connectivity index (χ1n) is 9.34. The fourth-order valence-electron chi connectivity index (χ4n) is 3.51. The maximum atomic E-state index is 11.8. The summed E-state index contributed by atoms with van der Waals surface area (Å²) in [5.41, 5.74) is 5.85. The lowest BCUT2D eigenvalue weighted by Crippen LogP contribution is -2.23. The Balaban J connectivity index is 1.48. The Morgan fingerprint density at radius 3 is 2.64 bits per heavy atom. The second-order valence-electron chi connectivity index (χ2n) is 7.14. The van der Waals surface area contributed by atoms with Gasteiger partial charge < -0.3 is 4.74 Å². The van der Waals surface area contributed by atoms with Crippen LogP contribution in [0, 0.1) is 0 Å². The van der Waals surface area contributed by atoms with Crippen molar-refractivity contribution < 1.29 is 9.53 Å². The van der Waals surface area contributed by atoms with E-state index in [4.69, 9.17) is 16.3 Å². The van der Waals surface area contributed by atoms with E-state index < -0.39 is 0 Å². The monoisotopic (exact) mass is 391 g/mol.